The number of carboxylic acids is 1. The van der Waals surface area contributed by atoms with Gasteiger partial charge in [-0.05, 0) is 12.1 Å². The first kappa shape index (κ1) is 29.8. The molecular weight excluding hydrogens is 498 g/mol. The Morgan fingerprint density at radius 3 is 2.11 bits per heavy atom. The number of hydrogen-bond acceptors (Lipinski definition) is 11. The standard InChI is InChI=1S/C21H35N5O9S/c22-36(31,32)18-1-2-19(20(17-18)26(29)30)23-4-5-24-6-8-25(9-7-24)10-12-34-14-16-35-15-13-33-11-3-21(27)28/h1-2,17,23H,3-16H2,(H,27,28)(H2,22,31,32). The van der Waals surface area contributed by atoms with Crippen molar-refractivity contribution in [3.8, 4) is 0 Å². The summed E-state index contributed by atoms with van der Waals surface area (Å²) in [5.74, 6) is -0.885. The lowest BCUT2D eigenvalue weighted by Gasteiger charge is -2.34. The topological polar surface area (TPSA) is 187 Å². The van der Waals surface area contributed by atoms with Gasteiger partial charge >= 0.3 is 5.97 Å². The van der Waals surface area contributed by atoms with Crippen LogP contribution in [0.4, 0.5) is 11.4 Å². The molecule has 0 aromatic heterocycles. The van der Waals surface area contributed by atoms with Crippen LogP contribution in [-0.2, 0) is 29.0 Å². The highest BCUT2D eigenvalue weighted by Crippen LogP contribution is 2.27. The molecule has 0 unspecified atom stereocenters. The first-order chi connectivity index (χ1) is 17.2. The molecule has 1 aliphatic rings. The number of nitrogens with two attached hydrogens (primary N) is 1. The number of nitrogens with one attached hydrogen (secondary N) is 1. The third kappa shape index (κ3) is 11.6. The average Bonchev–Trinajstić information content (AvgIpc) is 2.82. The number of carbonyl (C=O) groups is 1. The maximum atomic E-state index is 11.4. The van der Waals surface area contributed by atoms with E-state index in [1.807, 2.05) is 0 Å². The third-order valence-corrected chi connectivity index (χ3v) is 6.37. The number of nitro groups is 1. The Morgan fingerprint density at radius 1 is 1.00 bits per heavy atom. The molecule has 1 heterocycles. The van der Waals surface area contributed by atoms with Crippen molar-refractivity contribution in [2.45, 2.75) is 11.3 Å². The molecule has 1 saturated heterocycles. The molecule has 1 aromatic rings. The van der Waals surface area contributed by atoms with Crippen molar-refractivity contribution in [2.75, 3.05) is 90.8 Å². The zero-order chi connectivity index (χ0) is 26.4. The summed E-state index contributed by atoms with van der Waals surface area (Å²) in [6.07, 6.45) is -0.0150. The third-order valence-electron chi connectivity index (χ3n) is 5.46. The van der Waals surface area contributed by atoms with E-state index in [9.17, 15) is 23.3 Å². The van der Waals surface area contributed by atoms with Crippen LogP contribution in [0.2, 0.25) is 0 Å². The van der Waals surface area contributed by atoms with Gasteiger partial charge in [0.15, 0.2) is 0 Å². The Hall–Kier alpha value is -2.40. The van der Waals surface area contributed by atoms with E-state index in [1.165, 1.54) is 12.1 Å². The fourth-order valence-corrected chi connectivity index (χ4v) is 4.00. The number of ether oxygens (including phenoxy) is 3. The van der Waals surface area contributed by atoms with Gasteiger partial charge in [0.25, 0.3) is 5.69 Å². The summed E-state index contributed by atoms with van der Waals surface area (Å²) in [5, 5.41) is 27.9. The molecular formula is C21H35N5O9S. The van der Waals surface area contributed by atoms with Gasteiger partial charge in [-0.1, -0.05) is 0 Å². The van der Waals surface area contributed by atoms with Crippen LogP contribution in [-0.4, -0.2) is 120 Å². The second kappa shape index (κ2) is 15.7. The number of rotatable bonds is 18. The van der Waals surface area contributed by atoms with Gasteiger partial charge in [-0.15, -0.1) is 0 Å². The normalized spacial score (nSPS) is 15.1. The molecule has 14 nitrogen and oxygen atoms in total. The van der Waals surface area contributed by atoms with Gasteiger partial charge in [0, 0.05) is 51.9 Å². The summed E-state index contributed by atoms with van der Waals surface area (Å²) in [7, 11) is -4.02. The van der Waals surface area contributed by atoms with Gasteiger partial charge < -0.3 is 24.6 Å². The summed E-state index contributed by atoms with van der Waals surface area (Å²) in [5.41, 5.74) is -0.0845. The number of hydrogen-bond donors (Lipinski definition) is 3. The molecule has 0 bridgehead atoms. The number of sulfonamides is 1. The number of benzene rings is 1. The van der Waals surface area contributed by atoms with E-state index in [4.69, 9.17) is 24.5 Å². The summed E-state index contributed by atoms with van der Waals surface area (Å²) in [4.78, 5) is 25.3. The number of primary sulfonamides is 1. The number of aliphatic carboxylic acids is 1. The second-order valence-corrected chi connectivity index (χ2v) is 9.63. The van der Waals surface area contributed by atoms with Crippen molar-refractivity contribution in [2.24, 2.45) is 5.14 Å². The molecule has 0 aliphatic carbocycles. The van der Waals surface area contributed by atoms with Gasteiger partial charge in [0.05, 0.1) is 55.9 Å². The van der Waals surface area contributed by atoms with Crippen LogP contribution in [0.5, 0.6) is 0 Å². The van der Waals surface area contributed by atoms with Gasteiger partial charge in [-0.3, -0.25) is 24.7 Å². The number of anilines is 1. The van der Waals surface area contributed by atoms with Crippen LogP contribution in [0.3, 0.4) is 0 Å². The van der Waals surface area contributed by atoms with Gasteiger partial charge in [-0.2, -0.15) is 0 Å². The monoisotopic (exact) mass is 533 g/mol. The van der Waals surface area contributed by atoms with E-state index in [0.717, 1.165) is 38.8 Å². The minimum Gasteiger partial charge on any atom is -0.481 e. The Morgan fingerprint density at radius 2 is 1.56 bits per heavy atom. The lowest BCUT2D eigenvalue weighted by molar-refractivity contribution is -0.384. The molecule has 36 heavy (non-hydrogen) atoms. The molecule has 1 aromatic carbocycles. The maximum Gasteiger partial charge on any atom is 0.305 e. The highest BCUT2D eigenvalue weighted by atomic mass is 32.2. The van der Waals surface area contributed by atoms with Crippen molar-refractivity contribution in [3.63, 3.8) is 0 Å². The van der Waals surface area contributed by atoms with Crippen molar-refractivity contribution in [1.82, 2.24) is 9.80 Å². The van der Waals surface area contributed by atoms with Crippen LogP contribution < -0.4 is 10.5 Å². The van der Waals surface area contributed by atoms with E-state index >= 15 is 0 Å². The van der Waals surface area contributed by atoms with Crippen LogP contribution >= 0.6 is 0 Å². The van der Waals surface area contributed by atoms with Crippen molar-refractivity contribution < 1.29 is 37.5 Å². The van der Waals surface area contributed by atoms with Gasteiger partial charge in [0.2, 0.25) is 10.0 Å². The molecule has 15 heteroatoms. The Labute approximate surface area is 210 Å². The molecule has 4 N–H and O–H groups in total. The minimum absolute atomic E-state index is 0.0150. The van der Waals surface area contributed by atoms with Crippen molar-refractivity contribution >= 4 is 27.4 Å². The minimum atomic E-state index is -4.02. The summed E-state index contributed by atoms with van der Waals surface area (Å²) in [6, 6.07) is 3.57. The van der Waals surface area contributed by atoms with Gasteiger partial charge in [0.1, 0.15) is 5.69 Å². The van der Waals surface area contributed by atoms with Crippen molar-refractivity contribution in [1.29, 1.82) is 0 Å². The van der Waals surface area contributed by atoms with Crippen LogP contribution in [0.25, 0.3) is 0 Å². The number of carboxylic acid groups (broad SMARTS) is 1. The predicted molar refractivity (Wildman–Crippen MR) is 131 cm³/mol. The molecule has 1 fully saturated rings. The van der Waals surface area contributed by atoms with Gasteiger partial charge in [-0.25, -0.2) is 13.6 Å². The molecule has 0 spiro atoms. The van der Waals surface area contributed by atoms with Crippen LogP contribution in [0, 0.1) is 10.1 Å². The summed E-state index contributed by atoms with van der Waals surface area (Å²) >= 11 is 0. The zero-order valence-electron chi connectivity index (χ0n) is 20.2. The average molecular weight is 534 g/mol. The molecule has 204 valence electrons. The first-order valence-electron chi connectivity index (χ1n) is 11.6. The largest absolute Gasteiger partial charge is 0.481 e. The molecule has 0 atom stereocenters. The van der Waals surface area contributed by atoms with Crippen molar-refractivity contribution in [3.05, 3.63) is 28.3 Å². The van der Waals surface area contributed by atoms with E-state index in [-0.39, 0.29) is 29.3 Å². The Kier molecular flexibility index (Phi) is 13.0. The highest BCUT2D eigenvalue weighted by Gasteiger charge is 2.20. The fourth-order valence-electron chi connectivity index (χ4n) is 3.47. The molecule has 0 radical (unpaired) electrons. The lowest BCUT2D eigenvalue weighted by atomic mass is 10.2. The SMILES string of the molecule is NS(=O)(=O)c1ccc(NCCN2CCN(CCOCCOCCOCCC(=O)O)CC2)c([N+](=O)[O-])c1. The molecule has 1 aliphatic heterocycles. The predicted octanol–water partition coefficient (Wildman–Crippen LogP) is -0.204. The molecule has 0 amide bonds. The fraction of sp³-hybridized carbons (Fsp3) is 0.667. The van der Waals surface area contributed by atoms with E-state index in [0.29, 0.717) is 46.1 Å². The molecule has 0 saturated carbocycles. The lowest BCUT2D eigenvalue weighted by Crippen LogP contribution is -2.48. The first-order valence-corrected chi connectivity index (χ1v) is 13.2. The zero-order valence-corrected chi connectivity index (χ0v) is 21.0. The van der Waals surface area contributed by atoms with E-state index in [1.54, 1.807) is 0 Å². The summed E-state index contributed by atoms with van der Waals surface area (Å²) < 4.78 is 39.0. The number of nitro benzene ring substituents is 1. The Bertz CT molecular complexity index is 940. The maximum absolute atomic E-state index is 11.4. The van der Waals surface area contributed by atoms with E-state index in [2.05, 4.69) is 15.1 Å². The van der Waals surface area contributed by atoms with E-state index < -0.39 is 20.9 Å². The smallest absolute Gasteiger partial charge is 0.305 e. The van der Waals surface area contributed by atoms with Crippen LogP contribution in [0.15, 0.2) is 23.1 Å². The highest BCUT2D eigenvalue weighted by molar-refractivity contribution is 7.89. The number of piperazine rings is 1. The molecule has 2 rings (SSSR count). The second-order valence-electron chi connectivity index (χ2n) is 8.07. The van der Waals surface area contributed by atoms with Crippen LogP contribution in [0.1, 0.15) is 6.42 Å². The quantitative estimate of drug-likeness (QED) is 0.128. The Balaban J connectivity index is 1.54. The number of nitrogens with zero attached hydrogens (tertiary/aromatic N) is 3. The summed E-state index contributed by atoms with van der Waals surface area (Å²) in [6.45, 7) is 7.93.